The normalized spacial score (nSPS) is 24.9. The molecule has 0 radical (unpaired) electrons. The number of nitrogens with zero attached hydrogens (tertiary/aromatic N) is 2. The lowest BCUT2D eigenvalue weighted by Crippen LogP contribution is -2.54. The molecule has 1 aromatic carbocycles. The predicted octanol–water partition coefficient (Wildman–Crippen LogP) is 0.868. The molecule has 2 amide bonds. The van der Waals surface area contributed by atoms with Gasteiger partial charge in [0.1, 0.15) is 5.75 Å². The summed E-state index contributed by atoms with van der Waals surface area (Å²) < 4.78 is 5.34. The van der Waals surface area contributed by atoms with Crippen molar-refractivity contribution in [1.82, 2.24) is 10.2 Å². The third-order valence-electron chi connectivity index (χ3n) is 4.63. The van der Waals surface area contributed by atoms with Crippen molar-refractivity contribution in [2.24, 2.45) is 5.92 Å². The molecule has 2 aliphatic rings. The zero-order chi connectivity index (χ0) is 16.4. The van der Waals surface area contributed by atoms with E-state index in [-0.39, 0.29) is 30.2 Å². The highest BCUT2D eigenvalue weighted by Gasteiger charge is 2.39. The Labute approximate surface area is 136 Å². The van der Waals surface area contributed by atoms with Crippen LogP contribution in [0.4, 0.5) is 5.69 Å². The summed E-state index contributed by atoms with van der Waals surface area (Å²) in [7, 11) is 1.59. The molecule has 2 aliphatic heterocycles. The highest BCUT2D eigenvalue weighted by Crippen LogP contribution is 2.33. The molecule has 0 bridgehead atoms. The molecule has 1 aromatic rings. The Morgan fingerprint density at radius 3 is 2.87 bits per heavy atom. The van der Waals surface area contributed by atoms with Crippen molar-refractivity contribution in [3.63, 3.8) is 0 Å². The summed E-state index contributed by atoms with van der Waals surface area (Å²) in [5, 5.41) is 3.28. The van der Waals surface area contributed by atoms with Gasteiger partial charge in [0.05, 0.1) is 18.7 Å². The molecule has 1 unspecified atom stereocenters. The first-order chi connectivity index (χ1) is 11.1. The molecule has 2 fully saturated rings. The SMILES string of the molecule is COc1ccccc1N1CC(C(=O)N2CCNC[C@H]2C)CC1=O. The summed E-state index contributed by atoms with van der Waals surface area (Å²) in [5.74, 6) is 0.456. The molecular weight excluding hydrogens is 294 g/mol. The molecule has 2 heterocycles. The Bertz CT molecular complexity index is 605. The topological polar surface area (TPSA) is 61.9 Å². The summed E-state index contributed by atoms with van der Waals surface area (Å²) in [6, 6.07) is 7.60. The molecule has 0 saturated carbocycles. The standard InChI is InChI=1S/C17H23N3O3/c1-12-10-18-7-8-19(12)17(22)13-9-16(21)20(11-13)14-5-3-4-6-15(14)23-2/h3-6,12-13,18H,7-11H2,1-2H3/t12-,13?/m1/s1. The number of methoxy groups -OCH3 is 1. The summed E-state index contributed by atoms with van der Waals surface area (Å²) in [4.78, 5) is 28.8. The number of anilines is 1. The van der Waals surface area contributed by atoms with Gasteiger partial charge in [-0.05, 0) is 19.1 Å². The molecule has 6 heteroatoms. The Kier molecular flexibility index (Phi) is 4.52. The summed E-state index contributed by atoms with van der Waals surface area (Å²) in [5.41, 5.74) is 0.739. The van der Waals surface area contributed by atoms with Crippen molar-refractivity contribution in [3.8, 4) is 5.75 Å². The Morgan fingerprint density at radius 2 is 2.13 bits per heavy atom. The van der Waals surface area contributed by atoms with Crippen LogP contribution in [0.25, 0.3) is 0 Å². The number of nitrogens with one attached hydrogen (secondary N) is 1. The fourth-order valence-corrected chi connectivity index (χ4v) is 3.36. The van der Waals surface area contributed by atoms with Gasteiger partial charge in [-0.1, -0.05) is 12.1 Å². The first kappa shape index (κ1) is 15.8. The molecule has 23 heavy (non-hydrogen) atoms. The summed E-state index contributed by atoms with van der Waals surface area (Å²) >= 11 is 0. The zero-order valence-electron chi connectivity index (χ0n) is 13.6. The van der Waals surface area contributed by atoms with Crippen LogP contribution in [0.5, 0.6) is 5.75 Å². The van der Waals surface area contributed by atoms with E-state index in [9.17, 15) is 9.59 Å². The first-order valence-corrected chi connectivity index (χ1v) is 8.06. The zero-order valence-corrected chi connectivity index (χ0v) is 13.6. The predicted molar refractivity (Wildman–Crippen MR) is 87.5 cm³/mol. The van der Waals surface area contributed by atoms with Gasteiger partial charge in [0.2, 0.25) is 11.8 Å². The van der Waals surface area contributed by atoms with Gasteiger partial charge in [-0.15, -0.1) is 0 Å². The van der Waals surface area contributed by atoms with E-state index in [1.54, 1.807) is 12.0 Å². The van der Waals surface area contributed by atoms with E-state index in [0.29, 0.717) is 18.8 Å². The number of piperazine rings is 1. The number of carbonyl (C=O) groups excluding carboxylic acids is 2. The van der Waals surface area contributed by atoms with E-state index >= 15 is 0 Å². The van der Waals surface area contributed by atoms with Crippen molar-refractivity contribution < 1.29 is 14.3 Å². The van der Waals surface area contributed by atoms with Gasteiger partial charge in [0.25, 0.3) is 0 Å². The minimum Gasteiger partial charge on any atom is -0.495 e. The number of hydrogen-bond acceptors (Lipinski definition) is 4. The molecule has 0 aliphatic carbocycles. The number of para-hydroxylation sites is 2. The van der Waals surface area contributed by atoms with Crippen LogP contribution in [-0.2, 0) is 9.59 Å². The third-order valence-corrected chi connectivity index (χ3v) is 4.63. The van der Waals surface area contributed by atoms with Crippen LogP contribution < -0.4 is 15.0 Å². The molecule has 6 nitrogen and oxygen atoms in total. The smallest absolute Gasteiger partial charge is 0.228 e. The first-order valence-electron chi connectivity index (χ1n) is 8.06. The van der Waals surface area contributed by atoms with Gasteiger partial charge < -0.3 is 19.9 Å². The monoisotopic (exact) mass is 317 g/mol. The van der Waals surface area contributed by atoms with E-state index in [1.165, 1.54) is 0 Å². The van der Waals surface area contributed by atoms with Crippen LogP contribution in [-0.4, -0.2) is 56.0 Å². The summed E-state index contributed by atoms with van der Waals surface area (Å²) in [6.45, 7) is 4.79. The van der Waals surface area contributed by atoms with Crippen molar-refractivity contribution in [2.45, 2.75) is 19.4 Å². The van der Waals surface area contributed by atoms with E-state index in [4.69, 9.17) is 4.74 Å². The van der Waals surface area contributed by atoms with E-state index in [1.807, 2.05) is 36.1 Å². The number of benzene rings is 1. The quantitative estimate of drug-likeness (QED) is 0.898. The number of rotatable bonds is 3. The van der Waals surface area contributed by atoms with Crippen molar-refractivity contribution >= 4 is 17.5 Å². The maximum atomic E-state index is 12.8. The molecule has 0 aromatic heterocycles. The maximum absolute atomic E-state index is 12.8. The highest BCUT2D eigenvalue weighted by atomic mass is 16.5. The number of hydrogen-bond donors (Lipinski definition) is 1. The van der Waals surface area contributed by atoms with Crippen LogP contribution in [0.2, 0.25) is 0 Å². The number of ether oxygens (including phenoxy) is 1. The van der Waals surface area contributed by atoms with Gasteiger partial charge >= 0.3 is 0 Å². The van der Waals surface area contributed by atoms with Crippen molar-refractivity contribution in [3.05, 3.63) is 24.3 Å². The second kappa shape index (κ2) is 6.58. The second-order valence-corrected chi connectivity index (χ2v) is 6.16. The minimum absolute atomic E-state index is 0.0179. The molecule has 3 rings (SSSR count). The van der Waals surface area contributed by atoms with Crippen LogP contribution in [0, 0.1) is 5.92 Å². The van der Waals surface area contributed by atoms with Crippen LogP contribution in [0.3, 0.4) is 0 Å². The van der Waals surface area contributed by atoms with Crippen molar-refractivity contribution in [1.29, 1.82) is 0 Å². The average Bonchev–Trinajstić information content (AvgIpc) is 2.96. The number of carbonyl (C=O) groups is 2. The fraction of sp³-hybridized carbons (Fsp3) is 0.529. The van der Waals surface area contributed by atoms with Gasteiger partial charge in [-0.2, -0.15) is 0 Å². The molecule has 124 valence electrons. The fourth-order valence-electron chi connectivity index (χ4n) is 3.36. The molecular formula is C17H23N3O3. The van der Waals surface area contributed by atoms with Crippen LogP contribution in [0.15, 0.2) is 24.3 Å². The number of amides is 2. The summed E-state index contributed by atoms with van der Waals surface area (Å²) in [6.07, 6.45) is 0.271. The molecule has 0 spiro atoms. The van der Waals surface area contributed by atoms with Crippen LogP contribution >= 0.6 is 0 Å². The minimum atomic E-state index is -0.270. The van der Waals surface area contributed by atoms with Crippen molar-refractivity contribution in [2.75, 3.05) is 38.2 Å². The Morgan fingerprint density at radius 1 is 1.35 bits per heavy atom. The Hall–Kier alpha value is -2.08. The van der Waals surface area contributed by atoms with Gasteiger partial charge in [-0.3, -0.25) is 9.59 Å². The highest BCUT2D eigenvalue weighted by molar-refractivity contribution is 6.01. The van der Waals surface area contributed by atoms with Gasteiger partial charge in [0.15, 0.2) is 0 Å². The molecule has 2 saturated heterocycles. The molecule has 1 N–H and O–H groups in total. The lowest BCUT2D eigenvalue weighted by Gasteiger charge is -2.35. The van der Waals surface area contributed by atoms with E-state index in [0.717, 1.165) is 18.8 Å². The lowest BCUT2D eigenvalue weighted by molar-refractivity contribution is -0.138. The van der Waals surface area contributed by atoms with Crippen LogP contribution in [0.1, 0.15) is 13.3 Å². The second-order valence-electron chi connectivity index (χ2n) is 6.16. The van der Waals surface area contributed by atoms with Gasteiger partial charge in [0, 0.05) is 38.6 Å². The molecule has 2 atom stereocenters. The van der Waals surface area contributed by atoms with E-state index in [2.05, 4.69) is 5.32 Å². The third kappa shape index (κ3) is 3.03. The van der Waals surface area contributed by atoms with E-state index < -0.39 is 0 Å². The lowest BCUT2D eigenvalue weighted by atomic mass is 10.1. The maximum Gasteiger partial charge on any atom is 0.228 e. The van der Waals surface area contributed by atoms with Gasteiger partial charge in [-0.25, -0.2) is 0 Å². The average molecular weight is 317 g/mol. The largest absolute Gasteiger partial charge is 0.495 e. The Balaban J connectivity index is 1.75.